The summed E-state index contributed by atoms with van der Waals surface area (Å²) in [6.07, 6.45) is 4.08. The fraction of sp³-hybridized carbons (Fsp3) is 0.500. The van der Waals surface area contributed by atoms with E-state index in [0.717, 1.165) is 47.3 Å². The molecule has 0 spiro atoms. The third-order valence-corrected chi connectivity index (χ3v) is 5.67. The summed E-state index contributed by atoms with van der Waals surface area (Å²) < 4.78 is 13.0. The first kappa shape index (κ1) is 17.2. The summed E-state index contributed by atoms with van der Waals surface area (Å²) >= 11 is 1.61. The maximum Gasteiger partial charge on any atom is 0.228 e. The summed E-state index contributed by atoms with van der Waals surface area (Å²) in [6, 6.07) is 5.84. The minimum atomic E-state index is 0.624. The molecule has 0 aliphatic carbocycles. The van der Waals surface area contributed by atoms with Crippen molar-refractivity contribution < 1.29 is 8.94 Å². The molecule has 0 N–H and O–H groups in total. The molecule has 1 aliphatic heterocycles. The molecule has 4 heterocycles. The van der Waals surface area contributed by atoms with Crippen LogP contribution in [0.25, 0.3) is 0 Å². The largest absolute Gasteiger partial charge is 0.467 e. The van der Waals surface area contributed by atoms with Crippen molar-refractivity contribution in [1.82, 2.24) is 19.9 Å². The van der Waals surface area contributed by atoms with Crippen molar-refractivity contribution in [3.8, 4) is 0 Å². The van der Waals surface area contributed by atoms with Gasteiger partial charge in [0.1, 0.15) is 11.5 Å². The lowest BCUT2D eigenvalue weighted by molar-refractivity contribution is 0.391. The van der Waals surface area contributed by atoms with Crippen molar-refractivity contribution in [3.05, 3.63) is 41.7 Å². The van der Waals surface area contributed by atoms with Gasteiger partial charge in [-0.25, -0.2) is 0 Å². The van der Waals surface area contributed by atoms with Gasteiger partial charge in [0.2, 0.25) is 5.95 Å². The second-order valence-electron chi connectivity index (χ2n) is 6.84. The van der Waals surface area contributed by atoms with Crippen LogP contribution in [-0.2, 0) is 12.3 Å². The zero-order chi connectivity index (χ0) is 17.9. The molecule has 8 heteroatoms. The molecule has 0 bridgehead atoms. The number of piperidine rings is 1. The smallest absolute Gasteiger partial charge is 0.228 e. The summed E-state index contributed by atoms with van der Waals surface area (Å²) in [5, 5.41) is 13.7. The highest BCUT2D eigenvalue weighted by atomic mass is 32.2. The molecule has 4 rings (SSSR count). The molecule has 3 aromatic heterocycles. The first-order valence-electron chi connectivity index (χ1n) is 8.94. The van der Waals surface area contributed by atoms with Crippen molar-refractivity contribution in [3.63, 3.8) is 0 Å². The number of aryl methyl sites for hydroxylation is 1. The van der Waals surface area contributed by atoms with E-state index in [0.29, 0.717) is 12.3 Å². The van der Waals surface area contributed by atoms with E-state index in [1.807, 2.05) is 25.1 Å². The van der Waals surface area contributed by atoms with E-state index in [1.54, 1.807) is 18.0 Å². The average molecular weight is 373 g/mol. The molecular formula is C18H23N5O2S. The molecule has 0 aromatic carbocycles. The van der Waals surface area contributed by atoms with Gasteiger partial charge in [0.25, 0.3) is 0 Å². The third-order valence-electron chi connectivity index (χ3n) is 4.68. The van der Waals surface area contributed by atoms with Crippen LogP contribution < -0.4 is 4.90 Å². The number of aromatic nitrogens is 4. The lowest BCUT2D eigenvalue weighted by Gasteiger charge is -2.31. The summed E-state index contributed by atoms with van der Waals surface area (Å²) in [4.78, 5) is 2.33. The van der Waals surface area contributed by atoms with Gasteiger partial charge in [-0.05, 0) is 37.8 Å². The number of thioether (sulfide) groups is 1. The van der Waals surface area contributed by atoms with E-state index < -0.39 is 0 Å². The molecule has 3 aromatic rings. The summed E-state index contributed by atoms with van der Waals surface area (Å²) in [6.45, 7) is 6.89. The lowest BCUT2D eigenvalue weighted by Crippen LogP contribution is -2.35. The van der Waals surface area contributed by atoms with E-state index in [4.69, 9.17) is 8.94 Å². The predicted octanol–water partition coefficient (Wildman–Crippen LogP) is 3.74. The summed E-state index contributed by atoms with van der Waals surface area (Å²) in [7, 11) is 0. The average Bonchev–Trinajstić information content (AvgIpc) is 3.37. The number of nitrogens with zero attached hydrogens (tertiary/aromatic N) is 5. The van der Waals surface area contributed by atoms with E-state index in [2.05, 4.69) is 31.7 Å². The van der Waals surface area contributed by atoms with Gasteiger partial charge in [-0.3, -0.25) is 4.57 Å². The van der Waals surface area contributed by atoms with Crippen LogP contribution in [-0.4, -0.2) is 33.0 Å². The monoisotopic (exact) mass is 373 g/mol. The minimum Gasteiger partial charge on any atom is -0.467 e. The molecule has 0 unspecified atom stereocenters. The highest BCUT2D eigenvalue weighted by molar-refractivity contribution is 7.98. The Morgan fingerprint density at radius 3 is 2.77 bits per heavy atom. The second-order valence-corrected chi connectivity index (χ2v) is 7.78. The van der Waals surface area contributed by atoms with Gasteiger partial charge in [-0.1, -0.05) is 23.8 Å². The Bertz CT molecular complexity index is 834. The Morgan fingerprint density at radius 2 is 2.08 bits per heavy atom. The van der Waals surface area contributed by atoms with Crippen molar-refractivity contribution >= 4 is 17.7 Å². The molecule has 0 radical (unpaired) electrons. The second kappa shape index (κ2) is 7.57. The van der Waals surface area contributed by atoms with Crippen molar-refractivity contribution in [2.75, 3.05) is 18.0 Å². The van der Waals surface area contributed by atoms with Crippen LogP contribution >= 0.6 is 11.8 Å². The van der Waals surface area contributed by atoms with Gasteiger partial charge < -0.3 is 13.8 Å². The van der Waals surface area contributed by atoms with Gasteiger partial charge >= 0.3 is 0 Å². The molecule has 1 saturated heterocycles. The Kier molecular flexibility index (Phi) is 5.01. The molecule has 26 heavy (non-hydrogen) atoms. The molecular weight excluding hydrogens is 350 g/mol. The fourth-order valence-corrected chi connectivity index (χ4v) is 3.96. The SMILES string of the molecule is Cc1cc(CSc2nnc(N3CCC(C)CC3)n2Cc2ccco2)on1. The van der Waals surface area contributed by atoms with Gasteiger partial charge in [0, 0.05) is 19.2 Å². The molecule has 0 amide bonds. The molecule has 0 saturated carbocycles. The number of hydrogen-bond acceptors (Lipinski definition) is 7. The van der Waals surface area contributed by atoms with Crippen molar-refractivity contribution in [2.24, 2.45) is 5.92 Å². The van der Waals surface area contributed by atoms with Crippen LogP contribution in [0.3, 0.4) is 0 Å². The van der Waals surface area contributed by atoms with Gasteiger partial charge in [-0.15, -0.1) is 10.2 Å². The van der Waals surface area contributed by atoms with Crippen LogP contribution in [0, 0.1) is 12.8 Å². The minimum absolute atomic E-state index is 0.624. The Hall–Kier alpha value is -2.22. The van der Waals surface area contributed by atoms with Crippen LogP contribution in [0.4, 0.5) is 5.95 Å². The maximum atomic E-state index is 5.55. The lowest BCUT2D eigenvalue weighted by atomic mass is 10.00. The molecule has 1 aliphatic rings. The number of rotatable bonds is 6. The van der Waals surface area contributed by atoms with Gasteiger partial charge in [-0.2, -0.15) is 0 Å². The van der Waals surface area contributed by atoms with Gasteiger partial charge in [0.15, 0.2) is 5.16 Å². The van der Waals surface area contributed by atoms with E-state index in [1.165, 1.54) is 12.8 Å². The first-order valence-corrected chi connectivity index (χ1v) is 9.93. The Labute approximate surface area is 156 Å². The zero-order valence-corrected chi connectivity index (χ0v) is 15.9. The highest BCUT2D eigenvalue weighted by Crippen LogP contribution is 2.28. The topological polar surface area (TPSA) is 73.1 Å². The predicted molar refractivity (Wildman–Crippen MR) is 99.2 cm³/mol. The highest BCUT2D eigenvalue weighted by Gasteiger charge is 2.23. The van der Waals surface area contributed by atoms with Crippen LogP contribution in [0.1, 0.15) is 37.0 Å². The number of furan rings is 1. The summed E-state index contributed by atoms with van der Waals surface area (Å²) in [5.74, 6) is 4.11. The Morgan fingerprint density at radius 1 is 1.23 bits per heavy atom. The normalized spacial score (nSPS) is 15.7. The summed E-state index contributed by atoms with van der Waals surface area (Å²) in [5.41, 5.74) is 0.890. The van der Waals surface area contributed by atoms with Crippen LogP contribution in [0.2, 0.25) is 0 Å². The molecule has 138 valence electrons. The van der Waals surface area contributed by atoms with Crippen molar-refractivity contribution in [1.29, 1.82) is 0 Å². The van der Waals surface area contributed by atoms with E-state index in [-0.39, 0.29) is 0 Å². The van der Waals surface area contributed by atoms with E-state index >= 15 is 0 Å². The fourth-order valence-electron chi connectivity index (χ4n) is 3.15. The standard InChI is InChI=1S/C18H23N5O2S/c1-13-5-7-22(8-6-13)17-19-20-18(23(17)11-15-4-3-9-24-15)26-12-16-10-14(2)21-25-16/h3-4,9-10,13H,5-8,11-12H2,1-2H3. The zero-order valence-electron chi connectivity index (χ0n) is 15.1. The third kappa shape index (κ3) is 3.80. The molecule has 0 atom stereocenters. The molecule has 7 nitrogen and oxygen atoms in total. The number of anilines is 1. The van der Waals surface area contributed by atoms with Crippen LogP contribution in [0.15, 0.2) is 38.6 Å². The van der Waals surface area contributed by atoms with Gasteiger partial charge in [0.05, 0.1) is 24.3 Å². The van der Waals surface area contributed by atoms with Crippen LogP contribution in [0.5, 0.6) is 0 Å². The molecule has 1 fully saturated rings. The quantitative estimate of drug-likeness (QED) is 0.609. The maximum absolute atomic E-state index is 5.55. The Balaban J connectivity index is 1.56. The first-order chi connectivity index (χ1) is 12.7. The number of hydrogen-bond donors (Lipinski definition) is 0. The van der Waals surface area contributed by atoms with Crippen molar-refractivity contribution in [2.45, 2.75) is 44.1 Å². The van der Waals surface area contributed by atoms with E-state index in [9.17, 15) is 0 Å².